The molecule has 1 fully saturated rings. The molecule has 1 aromatic rings. The van der Waals surface area contributed by atoms with E-state index in [1.54, 1.807) is 0 Å². The van der Waals surface area contributed by atoms with Crippen molar-refractivity contribution in [3.8, 4) is 0 Å². The van der Waals surface area contributed by atoms with Gasteiger partial charge < -0.3 is 15.5 Å². The average Bonchev–Trinajstić information content (AvgIpc) is 2.74. The number of benzene rings is 1. The zero-order valence-corrected chi connectivity index (χ0v) is 11.8. The van der Waals surface area contributed by atoms with E-state index >= 15 is 0 Å². The first-order valence-electron chi connectivity index (χ1n) is 6.79. The van der Waals surface area contributed by atoms with Gasteiger partial charge in [0.2, 0.25) is 0 Å². The van der Waals surface area contributed by atoms with Crippen LogP contribution in [0.1, 0.15) is 17.5 Å². The fourth-order valence-corrected chi connectivity index (χ4v) is 2.93. The molecule has 1 saturated heterocycles. The van der Waals surface area contributed by atoms with Gasteiger partial charge in [0.05, 0.1) is 0 Å². The van der Waals surface area contributed by atoms with E-state index in [9.17, 15) is 0 Å². The zero-order valence-electron chi connectivity index (χ0n) is 11.8. The maximum Gasteiger partial charge on any atom is 0.0393 e. The smallest absolute Gasteiger partial charge is 0.0393 e. The van der Waals surface area contributed by atoms with Crippen molar-refractivity contribution in [1.29, 1.82) is 0 Å². The van der Waals surface area contributed by atoms with Crippen molar-refractivity contribution in [1.82, 2.24) is 4.90 Å². The van der Waals surface area contributed by atoms with E-state index in [-0.39, 0.29) is 0 Å². The Kier molecular flexibility index (Phi) is 4.25. The number of hydrogen-bond acceptors (Lipinski definition) is 3. The summed E-state index contributed by atoms with van der Waals surface area (Å²) in [5, 5.41) is 0. The maximum atomic E-state index is 5.67. The predicted octanol–water partition coefficient (Wildman–Crippen LogP) is 1.84. The lowest BCUT2D eigenvalue weighted by atomic mass is 10.1. The molecule has 0 spiro atoms. The third-order valence-electron chi connectivity index (χ3n) is 3.93. The predicted molar refractivity (Wildman–Crippen MR) is 77.9 cm³/mol. The van der Waals surface area contributed by atoms with Gasteiger partial charge in [-0.05, 0) is 50.0 Å². The molecule has 1 unspecified atom stereocenters. The van der Waals surface area contributed by atoms with Crippen LogP contribution in [0.2, 0.25) is 0 Å². The molecule has 0 radical (unpaired) electrons. The molecule has 1 aromatic carbocycles. The van der Waals surface area contributed by atoms with E-state index in [0.717, 1.165) is 12.5 Å². The minimum atomic E-state index is 0.623. The fraction of sp³-hybridized carbons (Fsp3) is 0.600. The molecule has 0 saturated carbocycles. The second-order valence-electron chi connectivity index (χ2n) is 5.62. The van der Waals surface area contributed by atoms with Crippen molar-refractivity contribution in [2.75, 3.05) is 38.6 Å². The maximum absolute atomic E-state index is 5.67. The Balaban J connectivity index is 2.02. The largest absolute Gasteiger partial charge is 0.374 e. The molecule has 2 rings (SSSR count). The van der Waals surface area contributed by atoms with Crippen LogP contribution >= 0.6 is 0 Å². The first-order valence-corrected chi connectivity index (χ1v) is 6.79. The van der Waals surface area contributed by atoms with E-state index in [2.05, 4.69) is 49.0 Å². The Morgan fingerprint density at radius 1 is 1.44 bits per heavy atom. The summed E-state index contributed by atoms with van der Waals surface area (Å²) in [4.78, 5) is 4.81. The lowest BCUT2D eigenvalue weighted by Crippen LogP contribution is -2.27. The van der Waals surface area contributed by atoms with Gasteiger partial charge in [0.25, 0.3) is 0 Å². The minimum Gasteiger partial charge on any atom is -0.374 e. The molecule has 1 aliphatic rings. The summed E-state index contributed by atoms with van der Waals surface area (Å²) in [6.45, 7) is 6.41. The first-order chi connectivity index (χ1) is 8.60. The third-order valence-corrected chi connectivity index (χ3v) is 3.93. The molecule has 3 nitrogen and oxygen atoms in total. The van der Waals surface area contributed by atoms with E-state index in [1.165, 1.54) is 36.3 Å². The number of nitrogens with two attached hydrogens (primary N) is 1. The van der Waals surface area contributed by atoms with Crippen molar-refractivity contribution in [3.05, 3.63) is 29.3 Å². The number of anilines is 1. The minimum absolute atomic E-state index is 0.623. The fourth-order valence-electron chi connectivity index (χ4n) is 2.93. The van der Waals surface area contributed by atoms with Gasteiger partial charge in [0.1, 0.15) is 0 Å². The highest BCUT2D eigenvalue weighted by atomic mass is 15.2. The molecule has 0 aromatic heterocycles. The van der Waals surface area contributed by atoms with Crippen molar-refractivity contribution in [2.24, 2.45) is 11.7 Å². The normalized spacial score (nSPS) is 20.3. The summed E-state index contributed by atoms with van der Waals surface area (Å²) >= 11 is 0. The molecule has 3 heteroatoms. The highest BCUT2D eigenvalue weighted by Crippen LogP contribution is 2.23. The van der Waals surface area contributed by atoms with Crippen LogP contribution in [0.15, 0.2) is 18.2 Å². The Labute approximate surface area is 111 Å². The van der Waals surface area contributed by atoms with Crippen molar-refractivity contribution < 1.29 is 0 Å². The summed E-state index contributed by atoms with van der Waals surface area (Å²) in [5.74, 6) is 0.800. The highest BCUT2D eigenvalue weighted by molar-refractivity contribution is 5.54. The van der Waals surface area contributed by atoms with Gasteiger partial charge in [-0.1, -0.05) is 12.1 Å². The van der Waals surface area contributed by atoms with Crippen molar-refractivity contribution >= 4 is 5.69 Å². The van der Waals surface area contributed by atoms with E-state index < -0.39 is 0 Å². The molecule has 0 amide bonds. The average molecular weight is 247 g/mol. The summed E-state index contributed by atoms with van der Waals surface area (Å²) in [7, 11) is 4.41. The quantitative estimate of drug-likeness (QED) is 0.881. The Morgan fingerprint density at radius 3 is 2.78 bits per heavy atom. The topological polar surface area (TPSA) is 32.5 Å². The van der Waals surface area contributed by atoms with Gasteiger partial charge in [-0.15, -0.1) is 0 Å². The molecule has 1 heterocycles. The van der Waals surface area contributed by atoms with Gasteiger partial charge in [-0.2, -0.15) is 0 Å². The standard InChI is InChI=1S/C15H25N3/c1-12-8-13(9-16)4-5-15(12)18(3)11-14-6-7-17(2)10-14/h4-5,8,14H,6-7,9-11,16H2,1-3H3. The van der Waals surface area contributed by atoms with Crippen molar-refractivity contribution in [2.45, 2.75) is 19.9 Å². The Bertz CT molecular complexity index is 403. The molecule has 0 aliphatic carbocycles. The van der Waals surface area contributed by atoms with Crippen LogP contribution < -0.4 is 10.6 Å². The van der Waals surface area contributed by atoms with Crippen LogP contribution in [-0.4, -0.2) is 38.6 Å². The molecule has 100 valence electrons. The summed E-state index contributed by atoms with van der Waals surface area (Å²) in [5.41, 5.74) is 9.55. The third kappa shape index (κ3) is 3.03. The molecular weight excluding hydrogens is 222 g/mol. The van der Waals surface area contributed by atoms with Crippen LogP contribution in [0.4, 0.5) is 5.69 Å². The van der Waals surface area contributed by atoms with Gasteiger partial charge >= 0.3 is 0 Å². The molecule has 18 heavy (non-hydrogen) atoms. The van der Waals surface area contributed by atoms with Gasteiger partial charge in [0, 0.05) is 32.4 Å². The van der Waals surface area contributed by atoms with Crippen LogP contribution in [0.25, 0.3) is 0 Å². The monoisotopic (exact) mass is 247 g/mol. The molecule has 2 N–H and O–H groups in total. The van der Waals surface area contributed by atoms with E-state index in [0.29, 0.717) is 6.54 Å². The lowest BCUT2D eigenvalue weighted by Gasteiger charge is -2.25. The molecule has 1 atom stereocenters. The summed E-state index contributed by atoms with van der Waals surface area (Å²) in [6, 6.07) is 6.54. The van der Waals surface area contributed by atoms with Gasteiger partial charge in [-0.3, -0.25) is 0 Å². The van der Waals surface area contributed by atoms with Crippen molar-refractivity contribution in [3.63, 3.8) is 0 Å². The second kappa shape index (κ2) is 5.72. The Hall–Kier alpha value is -1.06. The van der Waals surface area contributed by atoms with E-state index in [1.807, 2.05) is 0 Å². The highest BCUT2D eigenvalue weighted by Gasteiger charge is 2.21. The van der Waals surface area contributed by atoms with Crippen LogP contribution in [-0.2, 0) is 6.54 Å². The van der Waals surface area contributed by atoms with Gasteiger partial charge in [0.15, 0.2) is 0 Å². The summed E-state index contributed by atoms with van der Waals surface area (Å²) in [6.07, 6.45) is 1.32. The molecule has 1 aliphatic heterocycles. The second-order valence-corrected chi connectivity index (χ2v) is 5.62. The van der Waals surface area contributed by atoms with Gasteiger partial charge in [-0.25, -0.2) is 0 Å². The summed E-state index contributed by atoms with van der Waals surface area (Å²) < 4.78 is 0. The zero-order chi connectivity index (χ0) is 13.1. The number of hydrogen-bond donors (Lipinski definition) is 1. The SMILES string of the molecule is Cc1cc(CN)ccc1N(C)CC1CCN(C)C1. The molecule has 0 bridgehead atoms. The van der Waals surface area contributed by atoms with Crippen LogP contribution in [0, 0.1) is 12.8 Å². The lowest BCUT2D eigenvalue weighted by molar-refractivity contribution is 0.396. The van der Waals surface area contributed by atoms with Crippen LogP contribution in [0.3, 0.4) is 0 Å². The Morgan fingerprint density at radius 2 is 2.22 bits per heavy atom. The van der Waals surface area contributed by atoms with Crippen LogP contribution in [0.5, 0.6) is 0 Å². The number of nitrogens with zero attached hydrogens (tertiary/aromatic N) is 2. The number of likely N-dealkylation sites (tertiary alicyclic amines) is 1. The number of rotatable bonds is 4. The number of aryl methyl sites for hydroxylation is 1. The first kappa shape index (κ1) is 13.4. The molecular formula is C15H25N3. The van der Waals surface area contributed by atoms with E-state index in [4.69, 9.17) is 5.73 Å².